The Morgan fingerprint density at radius 1 is 1.10 bits per heavy atom. The average molecular weight is 287 g/mol. The van der Waals surface area contributed by atoms with Crippen LogP contribution in [0.4, 0.5) is 10.1 Å². The molecule has 0 saturated carbocycles. The van der Waals surface area contributed by atoms with E-state index >= 15 is 0 Å². The fraction of sp³-hybridized carbons (Fsp3) is 0.133. The molecular formula is C15H14FN3O2. The van der Waals surface area contributed by atoms with Crippen LogP contribution in [0.15, 0.2) is 42.5 Å². The Morgan fingerprint density at radius 3 is 2.43 bits per heavy atom. The summed E-state index contributed by atoms with van der Waals surface area (Å²) in [5, 5.41) is 5.26. The first-order chi connectivity index (χ1) is 10.1. The first kappa shape index (κ1) is 14.6. The third-order valence-electron chi connectivity index (χ3n) is 2.69. The lowest BCUT2D eigenvalue weighted by Crippen LogP contribution is -2.22. The molecule has 21 heavy (non-hydrogen) atoms. The number of pyridine rings is 1. The van der Waals surface area contributed by atoms with E-state index in [1.54, 1.807) is 24.3 Å². The molecule has 1 aromatic carbocycles. The first-order valence-electron chi connectivity index (χ1n) is 6.42. The Labute approximate surface area is 121 Å². The van der Waals surface area contributed by atoms with E-state index in [0.29, 0.717) is 17.8 Å². The smallest absolute Gasteiger partial charge is 0.274 e. The molecule has 0 radical (unpaired) electrons. The minimum atomic E-state index is -0.714. The van der Waals surface area contributed by atoms with Gasteiger partial charge in [0, 0.05) is 17.8 Å². The lowest BCUT2D eigenvalue weighted by atomic mass is 10.2. The summed E-state index contributed by atoms with van der Waals surface area (Å²) in [4.78, 5) is 27.0. The van der Waals surface area contributed by atoms with E-state index in [2.05, 4.69) is 15.6 Å². The maximum atomic E-state index is 12.9. The fourth-order valence-corrected chi connectivity index (χ4v) is 1.70. The molecular weight excluding hydrogens is 273 g/mol. The van der Waals surface area contributed by atoms with E-state index in [9.17, 15) is 14.0 Å². The van der Waals surface area contributed by atoms with Crippen molar-refractivity contribution in [1.82, 2.24) is 10.3 Å². The molecule has 6 heteroatoms. The van der Waals surface area contributed by atoms with Crippen molar-refractivity contribution < 1.29 is 14.0 Å². The van der Waals surface area contributed by atoms with Crippen LogP contribution in [0.5, 0.6) is 0 Å². The van der Waals surface area contributed by atoms with Gasteiger partial charge in [-0.2, -0.15) is 4.39 Å². The molecule has 1 aromatic heterocycles. The molecule has 0 saturated heterocycles. The van der Waals surface area contributed by atoms with Gasteiger partial charge in [0.1, 0.15) is 5.69 Å². The van der Waals surface area contributed by atoms with Crippen molar-refractivity contribution in [3.8, 4) is 0 Å². The van der Waals surface area contributed by atoms with Gasteiger partial charge < -0.3 is 10.6 Å². The molecule has 0 aliphatic rings. The minimum Gasteiger partial charge on any atom is -0.352 e. The Morgan fingerprint density at radius 2 is 1.81 bits per heavy atom. The van der Waals surface area contributed by atoms with Crippen LogP contribution in [-0.2, 0) is 0 Å². The second-order valence-electron chi connectivity index (χ2n) is 4.24. The number of anilines is 1. The summed E-state index contributed by atoms with van der Waals surface area (Å²) in [5.74, 6) is -1.41. The predicted octanol–water partition coefficient (Wildman–Crippen LogP) is 2.22. The molecule has 2 aromatic rings. The summed E-state index contributed by atoms with van der Waals surface area (Å²) in [5.41, 5.74) is 0.987. The second-order valence-corrected chi connectivity index (χ2v) is 4.24. The number of rotatable bonds is 4. The molecule has 0 aliphatic carbocycles. The van der Waals surface area contributed by atoms with Gasteiger partial charge in [0.15, 0.2) is 0 Å². The molecule has 1 heterocycles. The molecule has 0 fully saturated rings. The number of halogens is 1. The third kappa shape index (κ3) is 3.85. The highest BCUT2D eigenvalue weighted by Gasteiger charge is 2.09. The molecule has 0 atom stereocenters. The third-order valence-corrected chi connectivity index (χ3v) is 2.69. The molecule has 5 nitrogen and oxygen atoms in total. The summed E-state index contributed by atoms with van der Waals surface area (Å²) in [6.45, 7) is 2.38. The van der Waals surface area contributed by atoms with Crippen LogP contribution < -0.4 is 10.6 Å². The standard InChI is InChI=1S/C15H14FN3O2/c1-2-17-14(20)10-6-8-11(9-7-10)18-15(21)12-4-3-5-13(16)19-12/h3-9H,2H2,1H3,(H,17,20)(H,18,21). The average Bonchev–Trinajstić information content (AvgIpc) is 2.48. The normalized spacial score (nSPS) is 10.0. The van der Waals surface area contributed by atoms with Crippen molar-refractivity contribution in [2.75, 3.05) is 11.9 Å². The number of aromatic nitrogens is 1. The second kappa shape index (κ2) is 6.60. The predicted molar refractivity (Wildman–Crippen MR) is 76.6 cm³/mol. The number of hydrogen-bond acceptors (Lipinski definition) is 3. The highest BCUT2D eigenvalue weighted by molar-refractivity contribution is 6.03. The molecule has 0 bridgehead atoms. The number of carbonyl (C=O) groups is 2. The molecule has 108 valence electrons. The van der Waals surface area contributed by atoms with E-state index in [1.807, 2.05) is 6.92 Å². The number of carbonyl (C=O) groups excluding carboxylic acids is 2. The van der Waals surface area contributed by atoms with Crippen LogP contribution in [0.3, 0.4) is 0 Å². The minimum absolute atomic E-state index is 0.0113. The molecule has 0 unspecified atom stereocenters. The first-order valence-corrected chi connectivity index (χ1v) is 6.42. The molecule has 2 N–H and O–H groups in total. The van der Waals surface area contributed by atoms with Crippen molar-refractivity contribution >= 4 is 17.5 Å². The maximum Gasteiger partial charge on any atom is 0.274 e. The van der Waals surface area contributed by atoms with Crippen LogP contribution >= 0.6 is 0 Å². The fourth-order valence-electron chi connectivity index (χ4n) is 1.70. The molecule has 2 amide bonds. The van der Waals surface area contributed by atoms with Crippen molar-refractivity contribution in [3.05, 3.63) is 59.7 Å². The Balaban J connectivity index is 2.06. The van der Waals surface area contributed by atoms with Gasteiger partial charge in [-0.15, -0.1) is 0 Å². The maximum absolute atomic E-state index is 12.9. The van der Waals surface area contributed by atoms with Crippen molar-refractivity contribution in [1.29, 1.82) is 0 Å². The zero-order valence-corrected chi connectivity index (χ0v) is 11.4. The number of hydrogen-bond donors (Lipinski definition) is 2. The van der Waals surface area contributed by atoms with E-state index in [-0.39, 0.29) is 11.6 Å². The zero-order chi connectivity index (χ0) is 15.2. The van der Waals surface area contributed by atoms with E-state index in [4.69, 9.17) is 0 Å². The quantitative estimate of drug-likeness (QED) is 0.847. The number of nitrogens with one attached hydrogen (secondary N) is 2. The number of amides is 2. The van der Waals surface area contributed by atoms with E-state index < -0.39 is 11.9 Å². The van der Waals surface area contributed by atoms with Gasteiger partial charge in [0.25, 0.3) is 11.8 Å². The number of nitrogens with zero attached hydrogens (tertiary/aromatic N) is 1. The van der Waals surface area contributed by atoms with Crippen molar-refractivity contribution in [2.45, 2.75) is 6.92 Å². The van der Waals surface area contributed by atoms with Crippen LogP contribution in [-0.4, -0.2) is 23.3 Å². The topological polar surface area (TPSA) is 71.1 Å². The van der Waals surface area contributed by atoms with E-state index in [1.165, 1.54) is 12.1 Å². The Bertz CT molecular complexity index is 656. The van der Waals surface area contributed by atoms with Crippen LogP contribution in [0.25, 0.3) is 0 Å². The summed E-state index contributed by atoms with van der Waals surface area (Å²) in [6.07, 6.45) is 0. The summed E-state index contributed by atoms with van der Waals surface area (Å²) < 4.78 is 12.9. The Hall–Kier alpha value is -2.76. The SMILES string of the molecule is CCNC(=O)c1ccc(NC(=O)c2cccc(F)n2)cc1. The lowest BCUT2D eigenvalue weighted by Gasteiger charge is -2.06. The molecule has 0 aliphatic heterocycles. The summed E-state index contributed by atoms with van der Waals surface area (Å²) in [7, 11) is 0. The largest absolute Gasteiger partial charge is 0.352 e. The van der Waals surface area contributed by atoms with Gasteiger partial charge in [-0.3, -0.25) is 9.59 Å². The summed E-state index contributed by atoms with van der Waals surface area (Å²) in [6, 6.07) is 10.4. The highest BCUT2D eigenvalue weighted by atomic mass is 19.1. The van der Waals surface area contributed by atoms with Gasteiger partial charge >= 0.3 is 0 Å². The number of benzene rings is 1. The van der Waals surface area contributed by atoms with Crippen LogP contribution in [0, 0.1) is 5.95 Å². The van der Waals surface area contributed by atoms with Crippen molar-refractivity contribution in [2.24, 2.45) is 0 Å². The van der Waals surface area contributed by atoms with Gasteiger partial charge in [0.05, 0.1) is 0 Å². The monoisotopic (exact) mass is 287 g/mol. The molecule has 0 spiro atoms. The Kier molecular flexibility index (Phi) is 4.61. The van der Waals surface area contributed by atoms with Gasteiger partial charge in [-0.25, -0.2) is 4.98 Å². The van der Waals surface area contributed by atoms with Gasteiger partial charge in [-0.05, 0) is 43.3 Å². The van der Waals surface area contributed by atoms with E-state index in [0.717, 1.165) is 6.07 Å². The van der Waals surface area contributed by atoms with Crippen LogP contribution in [0.2, 0.25) is 0 Å². The summed E-state index contributed by atoms with van der Waals surface area (Å²) >= 11 is 0. The highest BCUT2D eigenvalue weighted by Crippen LogP contribution is 2.11. The van der Waals surface area contributed by atoms with Crippen molar-refractivity contribution in [3.63, 3.8) is 0 Å². The lowest BCUT2D eigenvalue weighted by molar-refractivity contribution is 0.0955. The van der Waals surface area contributed by atoms with Gasteiger partial charge in [0.2, 0.25) is 5.95 Å². The van der Waals surface area contributed by atoms with Crippen LogP contribution in [0.1, 0.15) is 27.8 Å². The molecule has 2 rings (SSSR count). The zero-order valence-electron chi connectivity index (χ0n) is 11.4. The van der Waals surface area contributed by atoms with Gasteiger partial charge in [-0.1, -0.05) is 6.07 Å².